The molecule has 0 aromatic heterocycles. The van der Waals surface area contributed by atoms with Crippen molar-refractivity contribution in [3.05, 3.63) is 77.9 Å². The summed E-state index contributed by atoms with van der Waals surface area (Å²) in [5.41, 5.74) is 6.88. The molecule has 6 N–H and O–H groups in total. The Hall–Kier alpha value is -4.29. The zero-order valence-corrected chi connectivity index (χ0v) is 22.2. The number of nitrogens with one attached hydrogen (secondary N) is 3. The maximum atomic E-state index is 12.8. The molecule has 206 valence electrons. The van der Waals surface area contributed by atoms with Gasteiger partial charge in [0.1, 0.15) is 11.9 Å². The number of carboxylic acid groups (broad SMARTS) is 1. The number of carbonyl (C=O) groups excluding carboxylic acids is 2. The monoisotopic (exact) mass is 553 g/mol. The minimum atomic E-state index is -3.89. The number of carboxylic acids is 1. The number of rotatable bonds is 8. The zero-order chi connectivity index (χ0) is 28.6. The van der Waals surface area contributed by atoms with Gasteiger partial charge in [-0.15, -0.1) is 0 Å². The van der Waals surface area contributed by atoms with Crippen LogP contribution in [0.1, 0.15) is 30.9 Å². The lowest BCUT2D eigenvalue weighted by Crippen LogP contribution is -2.48. The van der Waals surface area contributed by atoms with Crippen LogP contribution in [0.2, 0.25) is 0 Å². The van der Waals surface area contributed by atoms with Crippen molar-refractivity contribution in [3.63, 3.8) is 0 Å². The van der Waals surface area contributed by atoms with Crippen LogP contribution in [0.4, 0.5) is 0 Å². The Morgan fingerprint density at radius 2 is 1.69 bits per heavy atom. The lowest BCUT2D eigenvalue weighted by Gasteiger charge is -2.24. The number of nitrogens with two attached hydrogens (primary N) is 1. The summed E-state index contributed by atoms with van der Waals surface area (Å²) >= 11 is 0. The van der Waals surface area contributed by atoms with Gasteiger partial charge < -0.3 is 21.1 Å². The largest absolute Gasteiger partial charge is 0.481 e. The second kappa shape index (κ2) is 13.0. The number of aliphatic carboxylic acids is 1. The number of nitrogen functional groups attached to an aromatic ring is 1. The van der Waals surface area contributed by atoms with Gasteiger partial charge in [0, 0.05) is 25.6 Å². The zero-order valence-electron chi connectivity index (χ0n) is 21.4. The molecule has 1 fully saturated rings. The predicted molar refractivity (Wildman–Crippen MR) is 146 cm³/mol. The van der Waals surface area contributed by atoms with Gasteiger partial charge in [-0.1, -0.05) is 54.6 Å². The molecule has 0 bridgehead atoms. The molecule has 12 heteroatoms. The molecule has 0 radical (unpaired) electrons. The highest BCUT2D eigenvalue weighted by Crippen LogP contribution is 2.20. The third-order valence-electron chi connectivity index (χ3n) is 6.05. The number of hydrogen-bond acceptors (Lipinski definition) is 6. The summed E-state index contributed by atoms with van der Waals surface area (Å²) in [6.07, 6.45) is 1.17. The van der Waals surface area contributed by atoms with Gasteiger partial charge in [0.15, 0.2) is 0 Å². The number of fused-ring (bicyclic) bond motifs is 1. The quantitative estimate of drug-likeness (QED) is 0.208. The Labute approximate surface area is 226 Å². The van der Waals surface area contributed by atoms with Crippen molar-refractivity contribution < 1.29 is 27.9 Å². The van der Waals surface area contributed by atoms with Gasteiger partial charge in [-0.3, -0.25) is 19.8 Å². The van der Waals surface area contributed by atoms with E-state index in [0.29, 0.717) is 24.9 Å². The number of nitrogens with zero attached hydrogens (tertiary/aromatic N) is 1. The molecule has 0 saturated carbocycles. The SMILES string of the molecule is CC(=O)O.N=C(N)c1ccc(CNC(=O)[C@@H]2CCCN2C(=O)CNS(=O)(=O)c2ccc3ccccc3c2)cc1. The molecule has 1 aliphatic rings. The number of sulfonamides is 1. The fourth-order valence-electron chi connectivity index (χ4n) is 4.12. The Balaban J connectivity index is 0.000000983. The minimum absolute atomic E-state index is 0.0306. The van der Waals surface area contributed by atoms with E-state index >= 15 is 0 Å². The molecule has 0 unspecified atom stereocenters. The fourth-order valence-corrected chi connectivity index (χ4v) is 5.13. The van der Waals surface area contributed by atoms with Gasteiger partial charge in [0.05, 0.1) is 11.4 Å². The molecule has 1 heterocycles. The van der Waals surface area contributed by atoms with Crippen molar-refractivity contribution in [1.29, 1.82) is 5.41 Å². The standard InChI is InChI=1S/C25H27N5O4S.C2H4O2/c26-24(27)19-9-7-17(8-10-19)15-28-25(32)22-6-3-13-30(22)23(31)16-29-35(33,34)21-12-11-18-4-1-2-5-20(18)14-21;1-2(3)4/h1-2,4-5,7-12,14,22,29H,3,6,13,15-16H2,(H3,26,27)(H,28,32);1H3,(H,3,4)/t22-;/m0./s1. The third-order valence-corrected chi connectivity index (χ3v) is 7.45. The number of amides is 2. The lowest BCUT2D eigenvalue weighted by molar-refractivity contribution is -0.137. The first kappa shape index (κ1) is 29.3. The first-order chi connectivity index (χ1) is 18.5. The van der Waals surface area contributed by atoms with Gasteiger partial charge in [-0.25, -0.2) is 13.1 Å². The van der Waals surface area contributed by atoms with Crippen LogP contribution in [0.5, 0.6) is 0 Å². The van der Waals surface area contributed by atoms with E-state index in [9.17, 15) is 18.0 Å². The van der Waals surface area contributed by atoms with Gasteiger partial charge in [0.2, 0.25) is 21.8 Å². The predicted octanol–water partition coefficient (Wildman–Crippen LogP) is 1.80. The Morgan fingerprint density at radius 1 is 1.05 bits per heavy atom. The second-order valence-corrected chi connectivity index (χ2v) is 10.7. The number of amidine groups is 1. The molecule has 1 atom stereocenters. The van der Waals surface area contributed by atoms with Crippen molar-refractivity contribution in [3.8, 4) is 0 Å². The van der Waals surface area contributed by atoms with E-state index in [0.717, 1.165) is 23.3 Å². The van der Waals surface area contributed by atoms with Crippen LogP contribution in [0, 0.1) is 5.41 Å². The number of hydrogen-bond donors (Lipinski definition) is 5. The molecule has 1 saturated heterocycles. The summed E-state index contributed by atoms with van der Waals surface area (Å²) in [5, 5.41) is 19.4. The van der Waals surface area contributed by atoms with Gasteiger partial charge in [-0.2, -0.15) is 0 Å². The van der Waals surface area contributed by atoms with Crippen molar-refractivity contribution in [2.24, 2.45) is 5.73 Å². The van der Waals surface area contributed by atoms with Crippen molar-refractivity contribution in [1.82, 2.24) is 14.9 Å². The molecule has 2 amide bonds. The average molecular weight is 554 g/mol. The topological polar surface area (TPSA) is 183 Å². The molecule has 4 rings (SSSR count). The molecular formula is C27H31N5O6S. The normalized spacial score (nSPS) is 14.8. The summed E-state index contributed by atoms with van der Waals surface area (Å²) < 4.78 is 27.9. The maximum absolute atomic E-state index is 12.8. The first-order valence-electron chi connectivity index (χ1n) is 12.2. The highest BCUT2D eigenvalue weighted by atomic mass is 32.2. The molecule has 3 aromatic carbocycles. The summed E-state index contributed by atoms with van der Waals surface area (Å²) in [5.74, 6) is -1.60. The highest BCUT2D eigenvalue weighted by Gasteiger charge is 2.34. The van der Waals surface area contributed by atoms with Gasteiger partial charge >= 0.3 is 0 Å². The Morgan fingerprint density at radius 3 is 2.33 bits per heavy atom. The van der Waals surface area contributed by atoms with E-state index in [-0.39, 0.29) is 23.2 Å². The third kappa shape index (κ3) is 8.09. The smallest absolute Gasteiger partial charge is 0.300 e. The van der Waals surface area contributed by atoms with E-state index < -0.39 is 34.5 Å². The Bertz CT molecular complexity index is 1470. The van der Waals surface area contributed by atoms with E-state index in [1.165, 1.54) is 11.0 Å². The minimum Gasteiger partial charge on any atom is -0.481 e. The van der Waals surface area contributed by atoms with E-state index in [1.807, 2.05) is 24.3 Å². The van der Waals surface area contributed by atoms with Crippen molar-refractivity contribution >= 4 is 44.4 Å². The maximum Gasteiger partial charge on any atom is 0.300 e. The van der Waals surface area contributed by atoms with E-state index in [4.69, 9.17) is 21.0 Å². The number of carbonyl (C=O) groups is 3. The summed E-state index contributed by atoms with van der Waals surface area (Å²) in [6, 6.07) is 18.5. The molecule has 11 nitrogen and oxygen atoms in total. The van der Waals surface area contributed by atoms with E-state index in [1.54, 1.807) is 36.4 Å². The summed E-state index contributed by atoms with van der Waals surface area (Å²) in [4.78, 5) is 36.1. The molecule has 3 aromatic rings. The highest BCUT2D eigenvalue weighted by molar-refractivity contribution is 7.89. The van der Waals surface area contributed by atoms with Gasteiger partial charge in [-0.05, 0) is 41.3 Å². The van der Waals surface area contributed by atoms with E-state index in [2.05, 4.69) is 10.0 Å². The second-order valence-electron chi connectivity index (χ2n) is 8.93. The first-order valence-corrected chi connectivity index (χ1v) is 13.6. The van der Waals surface area contributed by atoms with Crippen LogP contribution in [-0.4, -0.2) is 61.2 Å². The van der Waals surface area contributed by atoms with Crippen LogP contribution < -0.4 is 15.8 Å². The van der Waals surface area contributed by atoms with Crippen LogP contribution in [-0.2, 0) is 31.0 Å². The van der Waals surface area contributed by atoms with Crippen LogP contribution in [0.3, 0.4) is 0 Å². The Kier molecular flexibility index (Phi) is 9.74. The number of likely N-dealkylation sites (tertiary alicyclic amines) is 1. The summed E-state index contributed by atoms with van der Waals surface area (Å²) in [6.45, 7) is 1.32. The lowest BCUT2D eigenvalue weighted by atomic mass is 10.1. The fraction of sp³-hybridized carbons (Fsp3) is 0.259. The van der Waals surface area contributed by atoms with Gasteiger partial charge in [0.25, 0.3) is 5.97 Å². The summed E-state index contributed by atoms with van der Waals surface area (Å²) in [7, 11) is -3.89. The average Bonchev–Trinajstić information content (AvgIpc) is 3.40. The van der Waals surface area contributed by atoms with Crippen molar-refractivity contribution in [2.45, 2.75) is 37.2 Å². The molecule has 0 spiro atoms. The molecule has 0 aliphatic carbocycles. The number of benzene rings is 3. The molecular weight excluding hydrogens is 522 g/mol. The van der Waals surface area contributed by atoms with Crippen LogP contribution >= 0.6 is 0 Å². The van der Waals surface area contributed by atoms with Crippen molar-refractivity contribution in [2.75, 3.05) is 13.1 Å². The molecule has 39 heavy (non-hydrogen) atoms. The molecule has 1 aliphatic heterocycles. The van der Waals surface area contributed by atoms with Crippen LogP contribution in [0.15, 0.2) is 71.6 Å². The van der Waals surface area contributed by atoms with Crippen LogP contribution in [0.25, 0.3) is 10.8 Å².